The summed E-state index contributed by atoms with van der Waals surface area (Å²) in [5.74, 6) is 0. The van der Waals surface area contributed by atoms with E-state index < -0.39 is 10.0 Å². The molecule has 3 N–H and O–H groups in total. The molecule has 2 amide bonds. The number of urea groups is 1. The summed E-state index contributed by atoms with van der Waals surface area (Å²) in [5.41, 5.74) is 3.95. The molecule has 1 saturated heterocycles. The Morgan fingerprint density at radius 3 is 2.29 bits per heavy atom. The molecule has 0 saturated carbocycles. The van der Waals surface area contributed by atoms with Crippen LogP contribution in [0.2, 0.25) is 0 Å². The second-order valence-electron chi connectivity index (χ2n) is 5.99. The smallest absolute Gasteiger partial charge is 0.321 e. The van der Waals surface area contributed by atoms with Crippen molar-refractivity contribution in [1.29, 1.82) is 0 Å². The van der Waals surface area contributed by atoms with E-state index in [1.807, 2.05) is 32.0 Å². The fourth-order valence-corrected chi connectivity index (χ4v) is 3.75. The van der Waals surface area contributed by atoms with Crippen molar-refractivity contribution in [3.63, 3.8) is 0 Å². The van der Waals surface area contributed by atoms with Gasteiger partial charge in [-0.2, -0.15) is 0 Å². The first-order valence-corrected chi connectivity index (χ1v) is 9.11. The minimum atomic E-state index is -3.88. The highest BCUT2D eigenvalue weighted by molar-refractivity contribution is 7.89. The summed E-state index contributed by atoms with van der Waals surface area (Å²) in [4.78, 5) is 13.5. The van der Waals surface area contributed by atoms with E-state index >= 15 is 0 Å². The molecular formula is C17H19N3O3S. The van der Waals surface area contributed by atoms with E-state index in [1.54, 1.807) is 17.0 Å². The number of anilines is 1. The van der Waals surface area contributed by atoms with Crippen LogP contribution in [0.5, 0.6) is 0 Å². The highest BCUT2D eigenvalue weighted by Gasteiger charge is 2.24. The number of nitrogens with one attached hydrogen (secondary N) is 1. The molecule has 3 rings (SSSR count). The normalized spacial score (nSPS) is 14.8. The summed E-state index contributed by atoms with van der Waals surface area (Å²) in [6, 6.07) is 10.4. The minimum Gasteiger partial charge on any atom is -0.336 e. The van der Waals surface area contributed by atoms with Gasteiger partial charge in [0.1, 0.15) is 0 Å². The Hall–Kier alpha value is -2.38. The fraction of sp³-hybridized carbons (Fsp3) is 0.235. The molecule has 0 spiro atoms. The third kappa shape index (κ3) is 3.13. The molecule has 6 nitrogen and oxygen atoms in total. The second-order valence-corrected chi connectivity index (χ2v) is 7.52. The van der Waals surface area contributed by atoms with E-state index in [-0.39, 0.29) is 10.9 Å². The summed E-state index contributed by atoms with van der Waals surface area (Å²) < 4.78 is 24.0. The SMILES string of the molecule is Cc1cc(C)cc(-c2cc(N3CCNC3=O)ccc2S(N)(=O)=O)c1. The third-order valence-electron chi connectivity index (χ3n) is 3.97. The molecule has 7 heteroatoms. The molecule has 0 radical (unpaired) electrons. The van der Waals surface area contributed by atoms with Crippen molar-refractivity contribution in [3.8, 4) is 11.1 Å². The zero-order valence-electron chi connectivity index (χ0n) is 13.5. The predicted octanol–water partition coefficient (Wildman–Crippen LogP) is 2.15. The van der Waals surface area contributed by atoms with Gasteiger partial charge in [-0.15, -0.1) is 0 Å². The molecule has 0 atom stereocenters. The number of hydrogen-bond donors (Lipinski definition) is 2. The van der Waals surface area contributed by atoms with Crippen LogP contribution in [0.3, 0.4) is 0 Å². The number of nitrogens with zero attached hydrogens (tertiary/aromatic N) is 1. The van der Waals surface area contributed by atoms with Crippen molar-refractivity contribution in [1.82, 2.24) is 5.32 Å². The zero-order chi connectivity index (χ0) is 17.5. The topological polar surface area (TPSA) is 92.5 Å². The Kier molecular flexibility index (Phi) is 4.06. The van der Waals surface area contributed by atoms with Gasteiger partial charge in [-0.3, -0.25) is 4.90 Å². The highest BCUT2D eigenvalue weighted by atomic mass is 32.2. The van der Waals surface area contributed by atoms with E-state index in [0.717, 1.165) is 16.7 Å². The van der Waals surface area contributed by atoms with Crippen LogP contribution in [0, 0.1) is 13.8 Å². The number of benzene rings is 2. The van der Waals surface area contributed by atoms with Crippen molar-refractivity contribution in [3.05, 3.63) is 47.5 Å². The molecule has 2 aromatic rings. The van der Waals surface area contributed by atoms with Crippen molar-refractivity contribution in [2.45, 2.75) is 18.7 Å². The number of sulfonamides is 1. The molecule has 24 heavy (non-hydrogen) atoms. The van der Waals surface area contributed by atoms with Gasteiger partial charge >= 0.3 is 6.03 Å². The van der Waals surface area contributed by atoms with E-state index in [0.29, 0.717) is 24.3 Å². The lowest BCUT2D eigenvalue weighted by molar-refractivity contribution is 0.252. The Morgan fingerprint density at radius 1 is 1.08 bits per heavy atom. The molecular weight excluding hydrogens is 326 g/mol. The molecule has 1 fully saturated rings. The van der Waals surface area contributed by atoms with Gasteiger partial charge in [0.2, 0.25) is 10.0 Å². The van der Waals surface area contributed by atoms with Crippen LogP contribution in [-0.2, 0) is 10.0 Å². The van der Waals surface area contributed by atoms with Crippen LogP contribution in [0.15, 0.2) is 41.3 Å². The largest absolute Gasteiger partial charge is 0.336 e. The number of nitrogens with two attached hydrogens (primary N) is 1. The van der Waals surface area contributed by atoms with Gasteiger partial charge in [0.25, 0.3) is 0 Å². The molecule has 2 aromatic carbocycles. The van der Waals surface area contributed by atoms with Crippen molar-refractivity contribution >= 4 is 21.7 Å². The lowest BCUT2D eigenvalue weighted by atomic mass is 10.00. The molecule has 1 aliphatic heterocycles. The van der Waals surface area contributed by atoms with E-state index in [2.05, 4.69) is 5.32 Å². The molecule has 1 aliphatic rings. The first-order chi connectivity index (χ1) is 11.3. The zero-order valence-corrected chi connectivity index (χ0v) is 14.4. The standard InChI is InChI=1S/C17H19N3O3S/c1-11-7-12(2)9-13(8-11)15-10-14(20-6-5-19-17(20)21)3-4-16(15)24(18,22)23/h3-4,7-10H,5-6H2,1-2H3,(H,19,21)(H2,18,22,23). The van der Waals surface area contributed by atoms with Crippen molar-refractivity contribution < 1.29 is 13.2 Å². The summed E-state index contributed by atoms with van der Waals surface area (Å²) >= 11 is 0. The fourth-order valence-electron chi connectivity index (χ4n) is 3.01. The molecule has 126 valence electrons. The number of carbonyl (C=O) groups excluding carboxylic acids is 1. The number of hydrogen-bond acceptors (Lipinski definition) is 3. The van der Waals surface area contributed by atoms with Gasteiger partial charge in [-0.05, 0) is 37.6 Å². The quantitative estimate of drug-likeness (QED) is 0.893. The van der Waals surface area contributed by atoms with Gasteiger partial charge in [-0.1, -0.05) is 29.3 Å². The molecule has 0 unspecified atom stereocenters. The molecule has 1 heterocycles. The lowest BCUT2D eigenvalue weighted by Gasteiger charge is -2.18. The van der Waals surface area contributed by atoms with Crippen molar-refractivity contribution in [2.24, 2.45) is 5.14 Å². The number of rotatable bonds is 3. The third-order valence-corrected chi connectivity index (χ3v) is 4.94. The predicted molar refractivity (Wildman–Crippen MR) is 93.5 cm³/mol. The Bertz CT molecular complexity index is 902. The summed E-state index contributed by atoms with van der Waals surface area (Å²) in [6.07, 6.45) is 0. The van der Waals surface area contributed by atoms with Crippen LogP contribution >= 0.6 is 0 Å². The monoisotopic (exact) mass is 345 g/mol. The van der Waals surface area contributed by atoms with Gasteiger partial charge in [-0.25, -0.2) is 18.4 Å². The molecule has 0 bridgehead atoms. The van der Waals surface area contributed by atoms with Gasteiger partial charge < -0.3 is 5.32 Å². The Morgan fingerprint density at radius 2 is 1.75 bits per heavy atom. The van der Waals surface area contributed by atoms with Crippen molar-refractivity contribution in [2.75, 3.05) is 18.0 Å². The number of aryl methyl sites for hydroxylation is 2. The second kappa shape index (κ2) is 5.92. The molecule has 0 aliphatic carbocycles. The first-order valence-electron chi connectivity index (χ1n) is 7.56. The van der Waals surface area contributed by atoms with Crippen LogP contribution < -0.4 is 15.4 Å². The number of carbonyl (C=O) groups is 1. The Balaban J connectivity index is 2.22. The van der Waals surface area contributed by atoms with Crippen LogP contribution in [0.4, 0.5) is 10.5 Å². The Labute approximate surface area is 141 Å². The maximum atomic E-state index is 12.0. The van der Waals surface area contributed by atoms with Gasteiger partial charge in [0, 0.05) is 24.3 Å². The average molecular weight is 345 g/mol. The van der Waals surface area contributed by atoms with Gasteiger partial charge in [0.05, 0.1) is 4.90 Å². The van der Waals surface area contributed by atoms with Gasteiger partial charge in [0.15, 0.2) is 0 Å². The summed E-state index contributed by atoms with van der Waals surface area (Å²) in [6.45, 7) is 5.00. The van der Waals surface area contributed by atoms with E-state index in [9.17, 15) is 13.2 Å². The highest BCUT2D eigenvalue weighted by Crippen LogP contribution is 2.32. The van der Waals surface area contributed by atoms with E-state index in [1.165, 1.54) is 6.07 Å². The first kappa shape index (κ1) is 16.5. The minimum absolute atomic E-state index is 0.0517. The number of primary sulfonamides is 1. The maximum Gasteiger partial charge on any atom is 0.321 e. The summed E-state index contributed by atoms with van der Waals surface area (Å²) in [7, 11) is -3.88. The van der Waals surface area contributed by atoms with Crippen LogP contribution in [0.1, 0.15) is 11.1 Å². The number of amides is 2. The molecule has 0 aromatic heterocycles. The van der Waals surface area contributed by atoms with E-state index in [4.69, 9.17) is 5.14 Å². The lowest BCUT2D eigenvalue weighted by Crippen LogP contribution is -2.27. The summed E-state index contributed by atoms with van der Waals surface area (Å²) in [5, 5.41) is 8.12. The van der Waals surface area contributed by atoms with Crippen LogP contribution in [-0.4, -0.2) is 27.5 Å². The average Bonchev–Trinajstić information content (AvgIpc) is 2.91. The maximum absolute atomic E-state index is 12.0. The van der Waals surface area contributed by atoms with Crippen LogP contribution in [0.25, 0.3) is 11.1 Å².